The molecule has 2 aromatic rings. The lowest BCUT2D eigenvalue weighted by Gasteiger charge is -2.28. The van der Waals surface area contributed by atoms with Gasteiger partial charge in [0.15, 0.2) is 0 Å². The Balaban J connectivity index is 1.54. The van der Waals surface area contributed by atoms with E-state index in [1.165, 1.54) is 27.7 Å². The van der Waals surface area contributed by atoms with Crippen LogP contribution in [-0.4, -0.2) is 64.3 Å². The number of nitrogens with zero attached hydrogens (tertiary/aromatic N) is 3. The van der Waals surface area contributed by atoms with E-state index in [0.717, 1.165) is 17.0 Å². The Morgan fingerprint density at radius 2 is 1.88 bits per heavy atom. The number of alkyl halides is 3. The van der Waals surface area contributed by atoms with Crippen LogP contribution in [0.25, 0.3) is 11.8 Å². The first-order chi connectivity index (χ1) is 15.2. The second kappa shape index (κ2) is 8.83. The second-order valence-corrected chi connectivity index (χ2v) is 8.11. The van der Waals surface area contributed by atoms with Crippen molar-refractivity contribution in [3.8, 4) is 5.69 Å². The van der Waals surface area contributed by atoms with Gasteiger partial charge in [0, 0.05) is 30.7 Å². The molecule has 0 bridgehead atoms. The molecular formula is C21H18F3N3O4S. The molecule has 7 nitrogen and oxygen atoms in total. The van der Waals surface area contributed by atoms with Crippen LogP contribution in [0, 0.1) is 0 Å². The zero-order valence-corrected chi connectivity index (χ0v) is 17.5. The Kier molecular flexibility index (Phi) is 6.11. The van der Waals surface area contributed by atoms with Gasteiger partial charge in [-0.05, 0) is 48.2 Å². The highest BCUT2D eigenvalue weighted by molar-refractivity contribution is 8.18. The monoisotopic (exact) mass is 465 g/mol. The molecule has 0 saturated carbocycles. The number of aromatic nitrogens is 1. The van der Waals surface area contributed by atoms with Gasteiger partial charge >= 0.3 is 6.18 Å². The van der Waals surface area contributed by atoms with Crippen LogP contribution in [0.2, 0.25) is 0 Å². The molecule has 32 heavy (non-hydrogen) atoms. The number of imide groups is 1. The zero-order chi connectivity index (χ0) is 22.9. The summed E-state index contributed by atoms with van der Waals surface area (Å²) in [5.74, 6) is -0.956. The molecule has 0 radical (unpaired) electrons. The molecule has 1 aromatic carbocycles. The minimum atomic E-state index is -4.49. The first-order valence-electron chi connectivity index (χ1n) is 9.70. The Morgan fingerprint density at radius 1 is 1.12 bits per heavy atom. The molecule has 3 amide bonds. The van der Waals surface area contributed by atoms with Gasteiger partial charge in [-0.15, -0.1) is 0 Å². The average Bonchev–Trinajstić information content (AvgIpc) is 3.34. The van der Waals surface area contributed by atoms with Gasteiger partial charge in [-0.25, -0.2) is 0 Å². The van der Waals surface area contributed by atoms with Gasteiger partial charge in [-0.1, -0.05) is 6.07 Å². The maximum atomic E-state index is 13.1. The summed E-state index contributed by atoms with van der Waals surface area (Å²) in [5.41, 5.74) is -0.108. The summed E-state index contributed by atoms with van der Waals surface area (Å²) < 4.78 is 45.9. The number of hydrogen-bond acceptors (Lipinski definition) is 5. The first kappa shape index (κ1) is 22.2. The highest BCUT2D eigenvalue weighted by atomic mass is 32.2. The Hall–Kier alpha value is -3.05. The van der Waals surface area contributed by atoms with Gasteiger partial charge in [-0.3, -0.25) is 19.3 Å². The molecule has 2 saturated heterocycles. The van der Waals surface area contributed by atoms with E-state index in [-0.39, 0.29) is 23.0 Å². The van der Waals surface area contributed by atoms with Crippen molar-refractivity contribution in [3.05, 3.63) is 58.8 Å². The van der Waals surface area contributed by atoms with E-state index in [9.17, 15) is 27.6 Å². The maximum Gasteiger partial charge on any atom is 0.416 e. The lowest BCUT2D eigenvalue weighted by molar-refractivity contribution is -0.139. The van der Waals surface area contributed by atoms with Gasteiger partial charge < -0.3 is 14.2 Å². The molecule has 0 unspecified atom stereocenters. The number of ether oxygens (including phenoxy) is 1. The summed E-state index contributed by atoms with van der Waals surface area (Å²) in [6.45, 7) is 1.24. The van der Waals surface area contributed by atoms with Crippen molar-refractivity contribution in [1.29, 1.82) is 0 Å². The highest BCUT2D eigenvalue weighted by Gasteiger charge is 2.37. The predicted molar refractivity (Wildman–Crippen MR) is 111 cm³/mol. The van der Waals surface area contributed by atoms with E-state index < -0.39 is 22.9 Å². The summed E-state index contributed by atoms with van der Waals surface area (Å²) in [5, 5.41) is -0.569. The van der Waals surface area contributed by atoms with E-state index in [2.05, 4.69) is 0 Å². The summed E-state index contributed by atoms with van der Waals surface area (Å²) in [6.07, 6.45) is -1.49. The number of hydrogen-bond donors (Lipinski definition) is 0. The summed E-state index contributed by atoms with van der Waals surface area (Å²) in [7, 11) is 0. The molecule has 0 aliphatic carbocycles. The van der Waals surface area contributed by atoms with Gasteiger partial charge in [0.25, 0.3) is 11.1 Å². The van der Waals surface area contributed by atoms with Crippen molar-refractivity contribution in [3.63, 3.8) is 0 Å². The first-order valence-corrected chi connectivity index (χ1v) is 10.5. The van der Waals surface area contributed by atoms with Crippen LogP contribution in [0.4, 0.5) is 18.0 Å². The molecule has 3 heterocycles. The third kappa shape index (κ3) is 4.58. The second-order valence-electron chi connectivity index (χ2n) is 7.11. The van der Waals surface area contributed by atoms with Crippen LogP contribution in [0.1, 0.15) is 11.3 Å². The van der Waals surface area contributed by atoms with E-state index in [1.807, 2.05) is 0 Å². The van der Waals surface area contributed by atoms with Crippen molar-refractivity contribution in [2.45, 2.75) is 6.18 Å². The number of benzene rings is 1. The molecule has 0 N–H and O–H groups in total. The quantitative estimate of drug-likeness (QED) is 0.648. The predicted octanol–water partition coefficient (Wildman–Crippen LogP) is 3.39. The summed E-state index contributed by atoms with van der Waals surface area (Å²) >= 11 is 0.690. The topological polar surface area (TPSA) is 71.9 Å². The van der Waals surface area contributed by atoms with Gasteiger partial charge in [0.2, 0.25) is 5.91 Å². The third-order valence-electron chi connectivity index (χ3n) is 5.04. The third-order valence-corrected chi connectivity index (χ3v) is 5.95. The van der Waals surface area contributed by atoms with E-state index in [4.69, 9.17) is 4.74 Å². The lowest BCUT2D eigenvalue weighted by Crippen LogP contribution is -2.46. The van der Waals surface area contributed by atoms with Gasteiger partial charge in [0.05, 0.1) is 23.7 Å². The van der Waals surface area contributed by atoms with Crippen LogP contribution in [0.3, 0.4) is 0 Å². The Bertz CT molecular complexity index is 1090. The molecule has 2 aliphatic heterocycles. The standard InChI is InChI=1S/C21H18F3N3O4S/c22-21(23,24)14-3-1-4-15(11-14)26-6-2-5-16(26)12-17-19(29)27(20(30)32-17)13-18(28)25-7-9-31-10-8-25/h1-6,11-12H,7-10,13H2/b17-12+. The fourth-order valence-corrected chi connectivity index (χ4v) is 4.22. The van der Waals surface area contributed by atoms with Crippen LogP contribution in [0.15, 0.2) is 47.5 Å². The molecule has 11 heteroatoms. The largest absolute Gasteiger partial charge is 0.416 e. The highest BCUT2D eigenvalue weighted by Crippen LogP contribution is 2.34. The van der Waals surface area contributed by atoms with E-state index >= 15 is 0 Å². The summed E-state index contributed by atoms with van der Waals surface area (Å²) in [6, 6.07) is 8.03. The number of morpholine rings is 1. The minimum absolute atomic E-state index is 0.0942. The van der Waals surface area contributed by atoms with Crippen LogP contribution < -0.4 is 0 Å². The molecule has 168 valence electrons. The van der Waals surface area contributed by atoms with Gasteiger partial charge in [-0.2, -0.15) is 13.2 Å². The van der Waals surface area contributed by atoms with Crippen LogP contribution >= 0.6 is 11.8 Å². The minimum Gasteiger partial charge on any atom is -0.378 e. The van der Waals surface area contributed by atoms with Crippen molar-refractivity contribution in [2.24, 2.45) is 0 Å². The molecule has 1 aromatic heterocycles. The number of halogens is 3. The van der Waals surface area contributed by atoms with E-state index in [1.54, 1.807) is 18.3 Å². The maximum absolute atomic E-state index is 13.1. The molecule has 0 spiro atoms. The molecule has 2 aliphatic rings. The van der Waals surface area contributed by atoms with Crippen molar-refractivity contribution in [2.75, 3.05) is 32.8 Å². The number of thioether (sulfide) groups is 1. The number of amides is 3. The fraction of sp³-hybridized carbons (Fsp3) is 0.286. The normalized spacial score (nSPS) is 18.7. The van der Waals surface area contributed by atoms with Crippen LogP contribution in [0.5, 0.6) is 0 Å². The Morgan fingerprint density at radius 3 is 2.59 bits per heavy atom. The zero-order valence-electron chi connectivity index (χ0n) is 16.7. The lowest BCUT2D eigenvalue weighted by atomic mass is 10.2. The summed E-state index contributed by atoms with van der Waals surface area (Å²) in [4.78, 5) is 40.0. The smallest absolute Gasteiger partial charge is 0.378 e. The molecular weight excluding hydrogens is 447 g/mol. The van der Waals surface area contributed by atoms with Crippen molar-refractivity contribution < 1.29 is 32.3 Å². The van der Waals surface area contributed by atoms with Crippen molar-refractivity contribution in [1.82, 2.24) is 14.4 Å². The number of rotatable bonds is 4. The molecule has 4 rings (SSSR count). The van der Waals surface area contributed by atoms with Gasteiger partial charge in [0.1, 0.15) is 6.54 Å². The number of carbonyl (C=O) groups is 3. The van der Waals surface area contributed by atoms with Crippen molar-refractivity contribution >= 4 is 34.9 Å². The SMILES string of the molecule is O=C(CN1C(=O)S/C(=C/c2cccn2-c2cccc(C(F)(F)F)c2)C1=O)N1CCOCC1. The van der Waals surface area contributed by atoms with Crippen LogP contribution in [-0.2, 0) is 20.5 Å². The Labute approximate surface area is 185 Å². The molecule has 0 atom stereocenters. The number of carbonyl (C=O) groups excluding carboxylic acids is 3. The average molecular weight is 465 g/mol. The van der Waals surface area contributed by atoms with E-state index in [0.29, 0.717) is 43.8 Å². The molecule has 2 fully saturated rings. The fourth-order valence-electron chi connectivity index (χ4n) is 3.40.